The van der Waals surface area contributed by atoms with Crippen LogP contribution in [-0.2, 0) is 15.3 Å². The summed E-state index contributed by atoms with van der Waals surface area (Å²) in [5, 5.41) is 20.1. The maximum absolute atomic E-state index is 13.5. The molecule has 2 heterocycles. The van der Waals surface area contributed by atoms with Crippen molar-refractivity contribution in [1.29, 1.82) is 0 Å². The summed E-state index contributed by atoms with van der Waals surface area (Å²) < 4.78 is 25.0. The lowest BCUT2D eigenvalue weighted by atomic mass is 9.95. The molecule has 11 heteroatoms. The maximum Gasteiger partial charge on any atom is 0.301 e. The van der Waals surface area contributed by atoms with Gasteiger partial charge >= 0.3 is 5.91 Å². The standard InChI is InChI=1S/C31H28FN3O5S2/c1-3-17-40-24-15-9-21(10-16-24)27(36)25-26(20-7-13-23(14-8-20)39-4-2)35(29(38)28(25)37)30-33-34-31(42-30)41-18-19-5-11-22(32)12-6-19/h5-16,26,36H,3-4,17-18H2,1-2H3/b27-25-. The number of ether oxygens (including phenoxy) is 2. The first kappa shape index (κ1) is 29.3. The summed E-state index contributed by atoms with van der Waals surface area (Å²) in [6.07, 6.45) is 0.853. The fraction of sp³-hybridized carbons (Fsp3) is 0.226. The fourth-order valence-corrected chi connectivity index (χ4v) is 6.25. The van der Waals surface area contributed by atoms with Crippen molar-refractivity contribution in [1.82, 2.24) is 10.2 Å². The number of Topliss-reactive ketones (excluding diaryl/α,β-unsaturated/α-hetero) is 1. The van der Waals surface area contributed by atoms with Gasteiger partial charge in [0.2, 0.25) is 5.13 Å². The van der Waals surface area contributed by atoms with Gasteiger partial charge in [0.25, 0.3) is 5.78 Å². The minimum atomic E-state index is -0.945. The molecule has 0 radical (unpaired) electrons. The number of ketones is 1. The van der Waals surface area contributed by atoms with E-state index in [-0.39, 0.29) is 22.3 Å². The first-order chi connectivity index (χ1) is 20.4. The molecule has 0 aliphatic carbocycles. The lowest BCUT2D eigenvalue weighted by molar-refractivity contribution is -0.132. The molecule has 1 atom stereocenters. The van der Waals surface area contributed by atoms with Gasteiger partial charge in [-0.25, -0.2) is 4.39 Å². The molecule has 3 aromatic carbocycles. The van der Waals surface area contributed by atoms with E-state index >= 15 is 0 Å². The Morgan fingerprint density at radius 2 is 1.62 bits per heavy atom. The van der Waals surface area contributed by atoms with Crippen LogP contribution in [0.3, 0.4) is 0 Å². The molecule has 1 N–H and O–H groups in total. The minimum Gasteiger partial charge on any atom is -0.507 e. The summed E-state index contributed by atoms with van der Waals surface area (Å²) in [6.45, 7) is 4.92. The van der Waals surface area contributed by atoms with Crippen molar-refractivity contribution in [3.05, 3.63) is 101 Å². The van der Waals surface area contributed by atoms with E-state index in [1.54, 1.807) is 60.7 Å². The average molecular weight is 606 g/mol. The zero-order valence-electron chi connectivity index (χ0n) is 23.0. The average Bonchev–Trinajstić information content (AvgIpc) is 3.58. The highest BCUT2D eigenvalue weighted by atomic mass is 32.2. The van der Waals surface area contributed by atoms with Gasteiger partial charge in [-0.15, -0.1) is 10.2 Å². The largest absolute Gasteiger partial charge is 0.507 e. The Morgan fingerprint density at radius 3 is 2.29 bits per heavy atom. The van der Waals surface area contributed by atoms with Crippen LogP contribution in [0.2, 0.25) is 0 Å². The Morgan fingerprint density at radius 1 is 0.952 bits per heavy atom. The van der Waals surface area contributed by atoms with Crippen molar-refractivity contribution in [2.45, 2.75) is 36.4 Å². The molecule has 5 rings (SSSR count). The lowest BCUT2D eigenvalue weighted by Crippen LogP contribution is -2.29. The molecular formula is C31H28FN3O5S2. The number of amides is 1. The normalized spacial score (nSPS) is 16.2. The van der Waals surface area contributed by atoms with Crippen molar-refractivity contribution in [3.8, 4) is 11.5 Å². The van der Waals surface area contributed by atoms with E-state index in [9.17, 15) is 19.1 Å². The number of carbonyl (C=O) groups is 2. The maximum atomic E-state index is 13.5. The molecule has 1 aromatic heterocycles. The Bertz CT molecular complexity index is 1590. The second-order valence-electron chi connectivity index (χ2n) is 9.31. The van der Waals surface area contributed by atoms with Gasteiger partial charge in [0.1, 0.15) is 23.1 Å². The van der Waals surface area contributed by atoms with Gasteiger partial charge in [0.15, 0.2) is 4.34 Å². The highest BCUT2D eigenvalue weighted by molar-refractivity contribution is 8.00. The molecule has 0 bridgehead atoms. The molecule has 1 unspecified atom stereocenters. The second kappa shape index (κ2) is 13.2. The van der Waals surface area contributed by atoms with E-state index in [1.165, 1.54) is 28.8 Å². The topological polar surface area (TPSA) is 102 Å². The van der Waals surface area contributed by atoms with Crippen molar-refractivity contribution in [2.75, 3.05) is 18.1 Å². The molecule has 1 saturated heterocycles. The van der Waals surface area contributed by atoms with E-state index in [0.29, 0.717) is 45.9 Å². The zero-order valence-corrected chi connectivity index (χ0v) is 24.6. The fourth-order valence-electron chi connectivity index (χ4n) is 4.43. The number of aliphatic hydroxyl groups is 1. The molecule has 0 spiro atoms. The Labute approximate surface area is 250 Å². The van der Waals surface area contributed by atoms with Crippen molar-refractivity contribution in [2.24, 2.45) is 0 Å². The second-order valence-corrected chi connectivity index (χ2v) is 11.5. The Balaban J connectivity index is 1.50. The lowest BCUT2D eigenvalue weighted by Gasteiger charge is -2.22. The Kier molecular flexibility index (Phi) is 9.19. The smallest absolute Gasteiger partial charge is 0.301 e. The number of hydrogen-bond acceptors (Lipinski definition) is 9. The molecule has 1 amide bonds. The van der Waals surface area contributed by atoms with Gasteiger partial charge < -0.3 is 14.6 Å². The van der Waals surface area contributed by atoms with Crippen LogP contribution in [0.5, 0.6) is 11.5 Å². The van der Waals surface area contributed by atoms with Crippen LogP contribution in [0.25, 0.3) is 5.76 Å². The number of aliphatic hydroxyl groups excluding tert-OH is 1. The number of rotatable bonds is 11. The molecule has 0 saturated carbocycles. The zero-order chi connectivity index (χ0) is 29.6. The quantitative estimate of drug-likeness (QED) is 0.0656. The predicted octanol–water partition coefficient (Wildman–Crippen LogP) is 6.78. The summed E-state index contributed by atoms with van der Waals surface area (Å²) in [5.74, 6) is -0.459. The van der Waals surface area contributed by atoms with Crippen LogP contribution in [0.15, 0.2) is 82.7 Å². The summed E-state index contributed by atoms with van der Waals surface area (Å²) in [5.41, 5.74) is 1.82. The van der Waals surface area contributed by atoms with E-state index in [1.807, 2.05) is 13.8 Å². The van der Waals surface area contributed by atoms with E-state index in [2.05, 4.69) is 10.2 Å². The first-order valence-corrected chi connectivity index (χ1v) is 15.2. The van der Waals surface area contributed by atoms with E-state index in [4.69, 9.17) is 9.47 Å². The summed E-state index contributed by atoms with van der Waals surface area (Å²) >= 11 is 2.55. The van der Waals surface area contributed by atoms with Crippen LogP contribution in [0.4, 0.5) is 9.52 Å². The monoisotopic (exact) mass is 605 g/mol. The molecule has 4 aromatic rings. The van der Waals surface area contributed by atoms with Crippen molar-refractivity contribution >= 4 is 45.7 Å². The number of nitrogens with zero attached hydrogens (tertiary/aromatic N) is 3. The third kappa shape index (κ3) is 6.32. The number of anilines is 1. The SMILES string of the molecule is CCCOc1ccc(/C(O)=C2/C(=O)C(=O)N(c3nnc(SCc4ccc(F)cc4)s3)C2c2ccc(OCC)cc2)cc1. The van der Waals surface area contributed by atoms with Gasteiger partial charge in [-0.05, 0) is 73.0 Å². The van der Waals surface area contributed by atoms with E-state index < -0.39 is 17.7 Å². The number of carbonyl (C=O) groups excluding carboxylic acids is 2. The first-order valence-electron chi connectivity index (χ1n) is 13.4. The van der Waals surface area contributed by atoms with Crippen LogP contribution in [0.1, 0.15) is 43.0 Å². The van der Waals surface area contributed by atoms with Gasteiger partial charge in [-0.3, -0.25) is 14.5 Å². The number of hydrogen-bond donors (Lipinski definition) is 1. The van der Waals surface area contributed by atoms with E-state index in [0.717, 1.165) is 23.3 Å². The molecule has 216 valence electrons. The van der Waals surface area contributed by atoms with Crippen molar-refractivity contribution < 1.29 is 28.6 Å². The molecule has 1 aliphatic rings. The van der Waals surface area contributed by atoms with Gasteiger partial charge in [0, 0.05) is 11.3 Å². The highest BCUT2D eigenvalue weighted by Gasteiger charge is 2.48. The third-order valence-electron chi connectivity index (χ3n) is 6.43. The van der Waals surface area contributed by atoms with Crippen LogP contribution >= 0.6 is 23.1 Å². The summed E-state index contributed by atoms with van der Waals surface area (Å²) in [7, 11) is 0. The van der Waals surface area contributed by atoms with Crippen LogP contribution in [0, 0.1) is 5.82 Å². The summed E-state index contributed by atoms with van der Waals surface area (Å²) in [4.78, 5) is 28.2. The minimum absolute atomic E-state index is 0.0536. The number of halogens is 1. The van der Waals surface area contributed by atoms with Gasteiger partial charge in [0.05, 0.1) is 24.8 Å². The molecule has 1 fully saturated rings. The van der Waals surface area contributed by atoms with Crippen molar-refractivity contribution in [3.63, 3.8) is 0 Å². The van der Waals surface area contributed by atoms with Gasteiger partial charge in [-0.1, -0.05) is 54.3 Å². The molecule has 8 nitrogen and oxygen atoms in total. The number of thioether (sulfide) groups is 1. The van der Waals surface area contributed by atoms with Crippen LogP contribution < -0.4 is 14.4 Å². The molecule has 42 heavy (non-hydrogen) atoms. The number of aromatic nitrogens is 2. The molecule has 1 aliphatic heterocycles. The third-order valence-corrected chi connectivity index (χ3v) is 8.56. The predicted molar refractivity (Wildman–Crippen MR) is 160 cm³/mol. The van der Waals surface area contributed by atoms with Gasteiger partial charge in [-0.2, -0.15) is 0 Å². The summed E-state index contributed by atoms with van der Waals surface area (Å²) in [6, 6.07) is 19.0. The van der Waals surface area contributed by atoms with Crippen LogP contribution in [-0.4, -0.2) is 40.2 Å². The number of benzene rings is 3. The molecular weight excluding hydrogens is 577 g/mol. The Hall–Kier alpha value is -4.22. The highest BCUT2D eigenvalue weighted by Crippen LogP contribution is 2.44.